The SMILES string of the molecule is CCOc1ccc(-c2ccc(=O)n(CCNC(=O)Cc3ccc(F)cc3)n2)cc1. The summed E-state index contributed by atoms with van der Waals surface area (Å²) in [5.74, 6) is 0.229. The lowest BCUT2D eigenvalue weighted by molar-refractivity contribution is -0.120. The van der Waals surface area contributed by atoms with Gasteiger partial charge in [-0.2, -0.15) is 5.10 Å². The molecule has 29 heavy (non-hydrogen) atoms. The van der Waals surface area contributed by atoms with Crippen LogP contribution in [0.25, 0.3) is 11.3 Å². The van der Waals surface area contributed by atoms with Gasteiger partial charge in [0.25, 0.3) is 5.56 Å². The van der Waals surface area contributed by atoms with E-state index in [0.717, 1.165) is 16.9 Å². The fourth-order valence-corrected chi connectivity index (χ4v) is 2.80. The zero-order chi connectivity index (χ0) is 20.6. The molecule has 150 valence electrons. The lowest BCUT2D eigenvalue weighted by Gasteiger charge is -2.09. The molecule has 0 aliphatic heterocycles. The van der Waals surface area contributed by atoms with Crippen molar-refractivity contribution >= 4 is 5.91 Å². The maximum atomic E-state index is 12.9. The summed E-state index contributed by atoms with van der Waals surface area (Å²) in [4.78, 5) is 24.1. The number of aromatic nitrogens is 2. The summed E-state index contributed by atoms with van der Waals surface area (Å²) in [5, 5.41) is 7.13. The first-order valence-corrected chi connectivity index (χ1v) is 9.37. The predicted molar refractivity (Wildman–Crippen MR) is 108 cm³/mol. The van der Waals surface area contributed by atoms with Crippen LogP contribution in [0, 0.1) is 5.82 Å². The van der Waals surface area contributed by atoms with Gasteiger partial charge >= 0.3 is 0 Å². The zero-order valence-corrected chi connectivity index (χ0v) is 16.1. The number of rotatable bonds is 8. The highest BCUT2D eigenvalue weighted by Gasteiger charge is 2.06. The van der Waals surface area contributed by atoms with E-state index >= 15 is 0 Å². The molecular weight excluding hydrogens is 373 g/mol. The molecule has 7 heteroatoms. The van der Waals surface area contributed by atoms with Crippen LogP contribution in [0.4, 0.5) is 4.39 Å². The highest BCUT2D eigenvalue weighted by atomic mass is 19.1. The third kappa shape index (κ3) is 5.75. The standard InChI is InChI=1S/C22H22FN3O3/c1-2-29-19-9-5-17(6-10-19)20-11-12-22(28)26(25-20)14-13-24-21(27)15-16-3-7-18(23)8-4-16/h3-12H,2,13-15H2,1H3,(H,24,27). The minimum absolute atomic E-state index is 0.148. The summed E-state index contributed by atoms with van der Waals surface area (Å²) in [7, 11) is 0. The van der Waals surface area contributed by atoms with Crippen LogP contribution in [-0.4, -0.2) is 28.8 Å². The number of nitrogens with zero attached hydrogens (tertiary/aromatic N) is 2. The molecular formula is C22H22FN3O3. The average molecular weight is 395 g/mol. The first-order chi connectivity index (χ1) is 14.0. The van der Waals surface area contributed by atoms with E-state index in [1.807, 2.05) is 31.2 Å². The second kappa shape index (κ2) is 9.64. The van der Waals surface area contributed by atoms with E-state index in [2.05, 4.69) is 10.4 Å². The van der Waals surface area contributed by atoms with Gasteiger partial charge < -0.3 is 10.1 Å². The Kier molecular flexibility index (Phi) is 6.73. The molecule has 0 aliphatic rings. The molecule has 1 heterocycles. The Morgan fingerprint density at radius 3 is 2.48 bits per heavy atom. The van der Waals surface area contributed by atoms with Gasteiger partial charge in [-0.05, 0) is 55.0 Å². The van der Waals surface area contributed by atoms with Crippen molar-refractivity contribution in [3.8, 4) is 17.0 Å². The number of benzene rings is 2. The van der Waals surface area contributed by atoms with E-state index in [4.69, 9.17) is 4.74 Å². The fourth-order valence-electron chi connectivity index (χ4n) is 2.80. The molecule has 0 saturated heterocycles. The number of amides is 1. The highest BCUT2D eigenvalue weighted by molar-refractivity contribution is 5.78. The van der Waals surface area contributed by atoms with E-state index in [1.165, 1.54) is 22.9 Å². The van der Waals surface area contributed by atoms with Crippen LogP contribution in [-0.2, 0) is 17.8 Å². The van der Waals surface area contributed by atoms with Crippen LogP contribution in [0.15, 0.2) is 65.5 Å². The lowest BCUT2D eigenvalue weighted by atomic mass is 10.1. The average Bonchev–Trinajstić information content (AvgIpc) is 2.72. The van der Waals surface area contributed by atoms with Gasteiger partial charge in [0.05, 0.1) is 25.3 Å². The van der Waals surface area contributed by atoms with Crippen molar-refractivity contribution in [1.82, 2.24) is 15.1 Å². The summed E-state index contributed by atoms with van der Waals surface area (Å²) < 4.78 is 19.7. The maximum Gasteiger partial charge on any atom is 0.266 e. The third-order valence-corrected chi connectivity index (χ3v) is 4.25. The Morgan fingerprint density at radius 1 is 1.07 bits per heavy atom. The fraction of sp³-hybridized carbons (Fsp3) is 0.227. The predicted octanol–water partition coefficient (Wildman–Crippen LogP) is 2.81. The Hall–Kier alpha value is -3.48. The number of ether oxygens (including phenoxy) is 1. The van der Waals surface area contributed by atoms with Crippen LogP contribution in [0.1, 0.15) is 12.5 Å². The number of carbonyl (C=O) groups excluding carboxylic acids is 1. The summed E-state index contributed by atoms with van der Waals surface area (Å²) in [5.41, 5.74) is 2.00. The number of hydrogen-bond acceptors (Lipinski definition) is 4. The molecule has 0 radical (unpaired) electrons. The first-order valence-electron chi connectivity index (χ1n) is 9.37. The Balaban J connectivity index is 1.59. The Bertz CT molecular complexity index is 1010. The van der Waals surface area contributed by atoms with Crippen LogP contribution in [0.5, 0.6) is 5.75 Å². The summed E-state index contributed by atoms with van der Waals surface area (Å²) in [6.45, 7) is 3.03. The second-order valence-electron chi connectivity index (χ2n) is 6.39. The van der Waals surface area contributed by atoms with Crippen molar-refractivity contribution in [3.05, 3.63) is 82.4 Å². The van der Waals surface area contributed by atoms with Crippen LogP contribution in [0.3, 0.4) is 0 Å². The van der Waals surface area contributed by atoms with Crippen molar-refractivity contribution in [2.75, 3.05) is 13.2 Å². The largest absolute Gasteiger partial charge is 0.494 e. The lowest BCUT2D eigenvalue weighted by Crippen LogP contribution is -2.32. The van der Waals surface area contributed by atoms with Crippen LogP contribution < -0.4 is 15.6 Å². The summed E-state index contributed by atoms with van der Waals surface area (Å²) >= 11 is 0. The summed E-state index contributed by atoms with van der Waals surface area (Å²) in [6.07, 6.45) is 0.148. The molecule has 1 amide bonds. The van der Waals surface area contributed by atoms with E-state index in [9.17, 15) is 14.0 Å². The molecule has 0 atom stereocenters. The van der Waals surface area contributed by atoms with E-state index < -0.39 is 0 Å². The van der Waals surface area contributed by atoms with Crippen molar-refractivity contribution in [2.24, 2.45) is 0 Å². The Morgan fingerprint density at radius 2 is 1.79 bits per heavy atom. The Labute approximate surface area is 168 Å². The molecule has 0 unspecified atom stereocenters. The molecule has 1 N–H and O–H groups in total. The van der Waals surface area contributed by atoms with Gasteiger partial charge in [0.15, 0.2) is 0 Å². The van der Waals surface area contributed by atoms with Crippen molar-refractivity contribution in [2.45, 2.75) is 19.9 Å². The van der Waals surface area contributed by atoms with E-state index in [-0.39, 0.29) is 36.8 Å². The first kappa shape index (κ1) is 20.3. The molecule has 0 fully saturated rings. The van der Waals surface area contributed by atoms with Gasteiger partial charge in [0.2, 0.25) is 5.91 Å². The summed E-state index contributed by atoms with van der Waals surface area (Å²) in [6, 6.07) is 16.4. The normalized spacial score (nSPS) is 10.6. The minimum atomic E-state index is -0.341. The monoisotopic (exact) mass is 395 g/mol. The van der Waals surface area contributed by atoms with Gasteiger partial charge in [-0.25, -0.2) is 9.07 Å². The van der Waals surface area contributed by atoms with Gasteiger partial charge in [-0.15, -0.1) is 0 Å². The molecule has 1 aromatic heterocycles. The molecule has 3 aromatic rings. The van der Waals surface area contributed by atoms with Crippen molar-refractivity contribution < 1.29 is 13.9 Å². The van der Waals surface area contributed by atoms with Gasteiger partial charge in [0.1, 0.15) is 11.6 Å². The highest BCUT2D eigenvalue weighted by Crippen LogP contribution is 2.19. The van der Waals surface area contributed by atoms with Gasteiger partial charge in [-0.3, -0.25) is 9.59 Å². The number of halogens is 1. The molecule has 0 saturated carbocycles. The molecule has 6 nitrogen and oxygen atoms in total. The molecule has 2 aromatic carbocycles. The maximum absolute atomic E-state index is 12.9. The third-order valence-electron chi connectivity index (χ3n) is 4.25. The zero-order valence-electron chi connectivity index (χ0n) is 16.1. The molecule has 0 bridgehead atoms. The molecule has 0 aliphatic carbocycles. The smallest absolute Gasteiger partial charge is 0.266 e. The number of nitrogens with one attached hydrogen (secondary N) is 1. The van der Waals surface area contributed by atoms with Gasteiger partial charge in [-0.1, -0.05) is 12.1 Å². The molecule has 3 rings (SSSR count). The topological polar surface area (TPSA) is 73.2 Å². The van der Waals surface area contributed by atoms with Crippen LogP contribution >= 0.6 is 0 Å². The van der Waals surface area contributed by atoms with Gasteiger partial charge in [0, 0.05) is 18.2 Å². The van der Waals surface area contributed by atoms with E-state index in [0.29, 0.717) is 12.3 Å². The van der Waals surface area contributed by atoms with Crippen LogP contribution in [0.2, 0.25) is 0 Å². The van der Waals surface area contributed by atoms with Crippen molar-refractivity contribution in [3.63, 3.8) is 0 Å². The molecule has 0 spiro atoms. The minimum Gasteiger partial charge on any atom is -0.494 e. The quantitative estimate of drug-likeness (QED) is 0.637. The van der Waals surface area contributed by atoms with E-state index in [1.54, 1.807) is 18.2 Å². The van der Waals surface area contributed by atoms with Crippen molar-refractivity contribution in [1.29, 1.82) is 0 Å². The second-order valence-corrected chi connectivity index (χ2v) is 6.39. The number of hydrogen-bond donors (Lipinski definition) is 1. The number of carbonyl (C=O) groups is 1.